The molecule has 1 heterocycles. The number of hydrogen-bond donors (Lipinski definition) is 1. The van der Waals surface area contributed by atoms with Gasteiger partial charge in [-0.1, -0.05) is 20.8 Å². The van der Waals surface area contributed by atoms with E-state index in [9.17, 15) is 4.39 Å². The van der Waals surface area contributed by atoms with Crippen molar-refractivity contribution in [1.82, 2.24) is 5.32 Å². The van der Waals surface area contributed by atoms with Crippen LogP contribution in [0.1, 0.15) is 33.6 Å². The fraction of sp³-hybridized carbons (Fsp3) is 1.00. The highest BCUT2D eigenvalue weighted by atomic mass is 19.1. The molecule has 0 amide bonds. The first-order chi connectivity index (χ1) is 4.97. The number of nitrogens with one attached hydrogen (secondary N) is 1. The van der Waals surface area contributed by atoms with Crippen molar-refractivity contribution >= 4 is 0 Å². The van der Waals surface area contributed by atoms with Gasteiger partial charge in [-0.05, 0) is 18.3 Å². The first-order valence-electron chi connectivity index (χ1n) is 4.35. The molecule has 0 saturated carbocycles. The van der Waals surface area contributed by atoms with E-state index < -0.39 is 6.17 Å². The molecule has 1 nitrogen and oxygen atoms in total. The lowest BCUT2D eigenvalue weighted by Crippen LogP contribution is -2.26. The molecule has 1 fully saturated rings. The molecule has 0 aromatic carbocycles. The molecule has 0 unspecified atom stereocenters. The van der Waals surface area contributed by atoms with Gasteiger partial charge >= 0.3 is 0 Å². The first kappa shape index (κ1) is 8.98. The molecular weight excluding hydrogens is 141 g/mol. The van der Waals surface area contributed by atoms with Gasteiger partial charge in [0, 0.05) is 12.6 Å². The summed E-state index contributed by atoms with van der Waals surface area (Å²) in [6, 6.07) is 0.407. The van der Waals surface area contributed by atoms with Crippen LogP contribution in [0.3, 0.4) is 0 Å². The number of rotatable bonds is 1. The third kappa shape index (κ3) is 3.19. The normalized spacial score (nSPS) is 32.7. The van der Waals surface area contributed by atoms with E-state index in [1.165, 1.54) is 0 Å². The standard InChI is InChI=1S/C9H18FN/c1-9(2,3)5-8-4-7(10)6-11-8/h7-8,11H,4-6H2,1-3H3/t7-,8+/m1/s1. The Morgan fingerprint density at radius 1 is 1.45 bits per heavy atom. The lowest BCUT2D eigenvalue weighted by atomic mass is 9.87. The SMILES string of the molecule is CC(C)(C)C[C@@H]1C[C@@H](F)CN1. The van der Waals surface area contributed by atoms with E-state index in [0.717, 1.165) is 6.42 Å². The molecule has 1 aliphatic heterocycles. The second-order valence-corrected chi connectivity index (χ2v) is 4.70. The van der Waals surface area contributed by atoms with E-state index in [0.29, 0.717) is 24.4 Å². The Balaban J connectivity index is 2.29. The highest BCUT2D eigenvalue weighted by molar-refractivity contribution is 4.84. The lowest BCUT2D eigenvalue weighted by molar-refractivity contribution is 0.308. The zero-order valence-electron chi connectivity index (χ0n) is 7.65. The van der Waals surface area contributed by atoms with Gasteiger partial charge < -0.3 is 5.32 Å². The molecule has 1 rings (SSSR count). The summed E-state index contributed by atoms with van der Waals surface area (Å²) in [6.07, 6.45) is 1.17. The van der Waals surface area contributed by atoms with Crippen LogP contribution in [0.5, 0.6) is 0 Å². The third-order valence-electron chi connectivity index (χ3n) is 2.03. The molecule has 0 aromatic heterocycles. The van der Waals surface area contributed by atoms with Gasteiger partial charge in [-0.15, -0.1) is 0 Å². The van der Waals surface area contributed by atoms with Gasteiger partial charge in [-0.3, -0.25) is 0 Å². The van der Waals surface area contributed by atoms with E-state index >= 15 is 0 Å². The third-order valence-corrected chi connectivity index (χ3v) is 2.03. The van der Waals surface area contributed by atoms with Gasteiger partial charge in [-0.2, -0.15) is 0 Å². The molecule has 0 bridgehead atoms. The zero-order valence-corrected chi connectivity index (χ0v) is 7.65. The largest absolute Gasteiger partial charge is 0.311 e. The van der Waals surface area contributed by atoms with Crippen molar-refractivity contribution in [2.75, 3.05) is 6.54 Å². The monoisotopic (exact) mass is 159 g/mol. The molecule has 0 aromatic rings. The fourth-order valence-corrected chi connectivity index (χ4v) is 1.66. The minimum Gasteiger partial charge on any atom is -0.311 e. The van der Waals surface area contributed by atoms with Gasteiger partial charge in [0.25, 0.3) is 0 Å². The van der Waals surface area contributed by atoms with Crippen LogP contribution in [-0.2, 0) is 0 Å². The molecule has 0 aliphatic carbocycles. The zero-order chi connectivity index (χ0) is 8.48. The molecule has 2 atom stereocenters. The summed E-state index contributed by atoms with van der Waals surface area (Å²) in [7, 11) is 0. The van der Waals surface area contributed by atoms with E-state index in [-0.39, 0.29) is 0 Å². The van der Waals surface area contributed by atoms with Gasteiger partial charge in [0.1, 0.15) is 6.17 Å². The highest BCUT2D eigenvalue weighted by Crippen LogP contribution is 2.25. The maximum atomic E-state index is 12.7. The Morgan fingerprint density at radius 3 is 2.45 bits per heavy atom. The smallest absolute Gasteiger partial charge is 0.114 e. The molecule has 0 radical (unpaired) electrons. The van der Waals surface area contributed by atoms with E-state index in [1.54, 1.807) is 0 Å². The van der Waals surface area contributed by atoms with Crippen molar-refractivity contribution in [2.24, 2.45) is 5.41 Å². The second kappa shape index (κ2) is 3.10. The second-order valence-electron chi connectivity index (χ2n) is 4.70. The van der Waals surface area contributed by atoms with E-state index in [1.807, 2.05) is 0 Å². The average Bonchev–Trinajstić information content (AvgIpc) is 2.10. The lowest BCUT2D eigenvalue weighted by Gasteiger charge is -2.22. The summed E-state index contributed by atoms with van der Waals surface area (Å²) in [5.41, 5.74) is 0.321. The number of hydrogen-bond acceptors (Lipinski definition) is 1. The Labute approximate surface area is 68.4 Å². The van der Waals surface area contributed by atoms with E-state index in [2.05, 4.69) is 26.1 Å². The summed E-state index contributed by atoms with van der Waals surface area (Å²) < 4.78 is 12.7. The Morgan fingerprint density at radius 2 is 2.09 bits per heavy atom. The van der Waals surface area contributed by atoms with Crippen LogP contribution in [0, 0.1) is 5.41 Å². The number of halogens is 1. The van der Waals surface area contributed by atoms with Crippen molar-refractivity contribution in [3.05, 3.63) is 0 Å². The van der Waals surface area contributed by atoms with Gasteiger partial charge in [0.2, 0.25) is 0 Å². The molecular formula is C9H18FN. The Hall–Kier alpha value is -0.110. The maximum absolute atomic E-state index is 12.7. The van der Waals surface area contributed by atoms with Crippen LogP contribution in [-0.4, -0.2) is 18.8 Å². The number of alkyl halides is 1. The van der Waals surface area contributed by atoms with Crippen LogP contribution in [0.2, 0.25) is 0 Å². The molecule has 66 valence electrons. The van der Waals surface area contributed by atoms with Crippen molar-refractivity contribution < 1.29 is 4.39 Å². The topological polar surface area (TPSA) is 12.0 Å². The van der Waals surface area contributed by atoms with Crippen molar-refractivity contribution in [3.63, 3.8) is 0 Å². The Bertz CT molecular complexity index is 128. The van der Waals surface area contributed by atoms with E-state index in [4.69, 9.17) is 0 Å². The van der Waals surface area contributed by atoms with Gasteiger partial charge in [-0.25, -0.2) is 4.39 Å². The van der Waals surface area contributed by atoms with Crippen molar-refractivity contribution in [1.29, 1.82) is 0 Å². The Kier molecular flexibility index (Phi) is 2.53. The van der Waals surface area contributed by atoms with Crippen LogP contribution in [0.4, 0.5) is 4.39 Å². The molecule has 2 heteroatoms. The van der Waals surface area contributed by atoms with Crippen molar-refractivity contribution in [3.8, 4) is 0 Å². The summed E-state index contributed by atoms with van der Waals surface area (Å²) in [5.74, 6) is 0. The minimum atomic E-state index is -0.609. The minimum absolute atomic E-state index is 0.321. The molecule has 0 spiro atoms. The van der Waals surface area contributed by atoms with Crippen LogP contribution in [0.25, 0.3) is 0 Å². The summed E-state index contributed by atoms with van der Waals surface area (Å²) in [4.78, 5) is 0. The van der Waals surface area contributed by atoms with Crippen molar-refractivity contribution in [2.45, 2.75) is 45.8 Å². The quantitative estimate of drug-likeness (QED) is 0.618. The predicted molar refractivity (Wildman–Crippen MR) is 45.4 cm³/mol. The maximum Gasteiger partial charge on any atom is 0.114 e. The van der Waals surface area contributed by atoms with Crippen LogP contribution in [0.15, 0.2) is 0 Å². The molecule has 1 N–H and O–H groups in total. The van der Waals surface area contributed by atoms with Crippen LogP contribution < -0.4 is 5.32 Å². The van der Waals surface area contributed by atoms with Gasteiger partial charge in [0.15, 0.2) is 0 Å². The fourth-order valence-electron chi connectivity index (χ4n) is 1.66. The summed E-state index contributed by atoms with van der Waals surface area (Å²) in [5, 5.41) is 3.19. The average molecular weight is 159 g/mol. The molecule has 1 saturated heterocycles. The first-order valence-corrected chi connectivity index (χ1v) is 4.35. The highest BCUT2D eigenvalue weighted by Gasteiger charge is 2.26. The summed E-state index contributed by atoms with van der Waals surface area (Å²) in [6.45, 7) is 7.14. The van der Waals surface area contributed by atoms with Gasteiger partial charge in [0.05, 0.1) is 0 Å². The molecule has 1 aliphatic rings. The predicted octanol–water partition coefficient (Wildman–Crippen LogP) is 2.12. The summed E-state index contributed by atoms with van der Waals surface area (Å²) >= 11 is 0. The van der Waals surface area contributed by atoms with Crippen LogP contribution >= 0.6 is 0 Å². The molecule has 11 heavy (non-hydrogen) atoms.